The fraction of sp³-hybridized carbons (Fsp3) is 0.381. The Morgan fingerprint density at radius 1 is 1.26 bits per heavy atom. The molecule has 1 amide bonds. The molecule has 3 rings (SSSR count). The number of ether oxygens (including phenoxy) is 1. The van der Waals surface area contributed by atoms with E-state index >= 15 is 0 Å². The van der Waals surface area contributed by atoms with Crippen molar-refractivity contribution < 1.29 is 14.3 Å². The number of amides is 1. The second-order valence-electron chi connectivity index (χ2n) is 6.83. The summed E-state index contributed by atoms with van der Waals surface area (Å²) in [7, 11) is 1.39. The Morgan fingerprint density at radius 3 is 2.74 bits per heavy atom. The highest BCUT2D eigenvalue weighted by Crippen LogP contribution is 2.45. The largest absolute Gasteiger partial charge is 0.466 e. The van der Waals surface area contributed by atoms with E-state index in [1.807, 2.05) is 17.5 Å². The maximum atomic E-state index is 11.5. The van der Waals surface area contributed by atoms with Crippen LogP contribution in [0.5, 0.6) is 0 Å². The highest BCUT2D eigenvalue weighted by molar-refractivity contribution is 7.13. The van der Waals surface area contributed by atoms with Crippen LogP contribution in [0, 0.1) is 5.92 Å². The van der Waals surface area contributed by atoms with Crippen molar-refractivity contribution in [2.24, 2.45) is 5.92 Å². The number of carbonyl (C=O) groups excluding carboxylic acids is 2. The zero-order valence-electron chi connectivity index (χ0n) is 15.6. The van der Waals surface area contributed by atoms with Crippen LogP contribution in [0.25, 0.3) is 0 Å². The lowest BCUT2D eigenvalue weighted by Gasteiger charge is -2.34. The van der Waals surface area contributed by atoms with E-state index in [4.69, 9.17) is 4.74 Å². The Bertz CT molecular complexity index is 816. The van der Waals surface area contributed by atoms with Gasteiger partial charge in [-0.2, -0.15) is 0 Å². The predicted molar refractivity (Wildman–Crippen MR) is 107 cm³/mol. The third-order valence-corrected chi connectivity index (χ3v) is 5.82. The quantitative estimate of drug-likeness (QED) is 0.609. The minimum absolute atomic E-state index is 0.121. The van der Waals surface area contributed by atoms with Gasteiger partial charge >= 0.3 is 5.97 Å². The molecule has 0 spiro atoms. The molecule has 2 aromatic rings. The van der Waals surface area contributed by atoms with Crippen LogP contribution in [0.15, 0.2) is 47.9 Å². The monoisotopic (exact) mass is 384 g/mol. The molecular weight excluding hydrogens is 360 g/mol. The van der Waals surface area contributed by atoms with Gasteiger partial charge in [0.2, 0.25) is 5.91 Å². The average Bonchev–Trinajstić information content (AvgIpc) is 3.14. The Morgan fingerprint density at radius 2 is 2.04 bits per heavy atom. The Kier molecular flexibility index (Phi) is 6.40. The summed E-state index contributed by atoms with van der Waals surface area (Å²) in [4.78, 5) is 27.5. The van der Waals surface area contributed by atoms with Crippen LogP contribution in [0.2, 0.25) is 0 Å². The zero-order chi connectivity index (χ0) is 19.2. The molecule has 142 valence electrons. The number of thiazole rings is 1. The Balaban J connectivity index is 1.84. The highest BCUT2D eigenvalue weighted by atomic mass is 32.1. The molecule has 0 radical (unpaired) electrons. The molecule has 1 heterocycles. The maximum Gasteiger partial charge on any atom is 0.330 e. The van der Waals surface area contributed by atoms with Crippen molar-refractivity contribution in [2.45, 2.75) is 38.0 Å². The van der Waals surface area contributed by atoms with Crippen LogP contribution in [0.3, 0.4) is 0 Å². The smallest absolute Gasteiger partial charge is 0.330 e. The molecule has 5 nitrogen and oxygen atoms in total. The van der Waals surface area contributed by atoms with Crippen molar-refractivity contribution in [3.63, 3.8) is 0 Å². The first-order valence-electron chi connectivity index (χ1n) is 9.11. The number of methoxy groups -OCH3 is 1. The molecule has 1 unspecified atom stereocenters. The van der Waals surface area contributed by atoms with Gasteiger partial charge in [0, 0.05) is 24.3 Å². The van der Waals surface area contributed by atoms with Crippen LogP contribution in [-0.2, 0) is 14.3 Å². The number of nitrogens with zero attached hydrogens (tertiary/aromatic N) is 1. The van der Waals surface area contributed by atoms with Gasteiger partial charge in [-0.05, 0) is 36.7 Å². The number of anilines is 1. The molecule has 1 saturated carbocycles. The normalized spacial score (nSPS) is 22.5. The van der Waals surface area contributed by atoms with Gasteiger partial charge in [0.15, 0.2) is 5.13 Å². The van der Waals surface area contributed by atoms with Gasteiger partial charge < -0.3 is 10.1 Å². The van der Waals surface area contributed by atoms with Crippen molar-refractivity contribution in [3.05, 3.63) is 59.1 Å². The molecule has 1 fully saturated rings. The lowest BCUT2D eigenvalue weighted by atomic mass is 9.70. The summed E-state index contributed by atoms with van der Waals surface area (Å²) in [6.07, 6.45) is 6.48. The SMILES string of the molecule is COC(=O)/C=C\C1CC[C@H](c2ccccc2)C[C@H]1c1csc(NC(C)=O)n1. The van der Waals surface area contributed by atoms with Gasteiger partial charge in [0.25, 0.3) is 0 Å². The Labute approximate surface area is 163 Å². The molecule has 6 heteroatoms. The van der Waals surface area contributed by atoms with Crippen molar-refractivity contribution >= 4 is 28.3 Å². The number of esters is 1. The summed E-state index contributed by atoms with van der Waals surface area (Å²) < 4.78 is 4.73. The lowest BCUT2D eigenvalue weighted by Crippen LogP contribution is -2.22. The molecule has 27 heavy (non-hydrogen) atoms. The van der Waals surface area contributed by atoms with E-state index in [1.165, 1.54) is 37.0 Å². The highest BCUT2D eigenvalue weighted by Gasteiger charge is 2.32. The number of benzene rings is 1. The van der Waals surface area contributed by atoms with Crippen molar-refractivity contribution in [3.8, 4) is 0 Å². The maximum absolute atomic E-state index is 11.5. The molecule has 0 aliphatic heterocycles. The van der Waals surface area contributed by atoms with Gasteiger partial charge in [-0.1, -0.05) is 36.4 Å². The lowest BCUT2D eigenvalue weighted by molar-refractivity contribution is -0.134. The zero-order valence-corrected chi connectivity index (χ0v) is 16.4. The summed E-state index contributed by atoms with van der Waals surface area (Å²) >= 11 is 1.44. The van der Waals surface area contributed by atoms with E-state index in [2.05, 4.69) is 34.6 Å². The minimum Gasteiger partial charge on any atom is -0.466 e. The molecule has 0 bridgehead atoms. The molecule has 1 N–H and O–H groups in total. The Hall–Kier alpha value is -2.47. The second kappa shape index (κ2) is 8.95. The van der Waals surface area contributed by atoms with Crippen molar-refractivity contribution in [1.82, 2.24) is 4.98 Å². The molecule has 1 aromatic carbocycles. The number of hydrogen-bond donors (Lipinski definition) is 1. The molecule has 1 aliphatic rings. The van der Waals surface area contributed by atoms with Crippen molar-refractivity contribution in [2.75, 3.05) is 12.4 Å². The third kappa shape index (κ3) is 5.04. The third-order valence-electron chi connectivity index (χ3n) is 5.04. The van der Waals surface area contributed by atoms with Crippen LogP contribution in [-0.4, -0.2) is 24.0 Å². The van der Waals surface area contributed by atoms with Gasteiger partial charge in [-0.3, -0.25) is 4.79 Å². The molecule has 1 aliphatic carbocycles. The fourth-order valence-electron chi connectivity index (χ4n) is 3.73. The van der Waals surface area contributed by atoms with Gasteiger partial charge in [0.1, 0.15) is 0 Å². The first-order valence-corrected chi connectivity index (χ1v) is 9.99. The standard InChI is InChI=1S/C21H24N2O3S/c1-14(24)22-21-23-19(13-27-21)18-12-17(15-6-4-3-5-7-15)9-8-16(18)10-11-20(25)26-2/h3-7,10-11,13,16-18H,8-9,12H2,1-2H3,(H,22,23,24)/b11-10-/t16?,17-,18+/m0/s1. The van der Waals surface area contributed by atoms with E-state index < -0.39 is 0 Å². The number of allylic oxidation sites excluding steroid dienone is 1. The summed E-state index contributed by atoms with van der Waals surface area (Å²) in [6.45, 7) is 1.48. The number of aromatic nitrogens is 1. The predicted octanol–water partition coefficient (Wildman–Crippen LogP) is 4.50. The van der Waals surface area contributed by atoms with Gasteiger partial charge in [-0.15, -0.1) is 11.3 Å². The first kappa shape index (κ1) is 19.3. The molecule has 0 saturated heterocycles. The van der Waals surface area contributed by atoms with Crippen molar-refractivity contribution in [1.29, 1.82) is 0 Å². The van der Waals surface area contributed by atoms with E-state index in [1.54, 1.807) is 0 Å². The molecular formula is C21H24N2O3S. The summed E-state index contributed by atoms with van der Waals surface area (Å²) in [6, 6.07) is 10.5. The summed E-state index contributed by atoms with van der Waals surface area (Å²) in [5.74, 6) is 0.421. The summed E-state index contributed by atoms with van der Waals surface area (Å²) in [5.41, 5.74) is 2.32. The van der Waals surface area contributed by atoms with Gasteiger partial charge in [-0.25, -0.2) is 9.78 Å². The average molecular weight is 385 g/mol. The molecule has 3 atom stereocenters. The van der Waals surface area contributed by atoms with Crippen LogP contribution in [0.1, 0.15) is 49.3 Å². The van der Waals surface area contributed by atoms with E-state index in [-0.39, 0.29) is 23.7 Å². The number of nitrogens with one attached hydrogen (secondary N) is 1. The second-order valence-corrected chi connectivity index (χ2v) is 7.69. The summed E-state index contributed by atoms with van der Waals surface area (Å²) in [5, 5.41) is 5.39. The minimum atomic E-state index is -0.337. The fourth-order valence-corrected chi connectivity index (χ4v) is 4.55. The number of carbonyl (C=O) groups is 2. The van der Waals surface area contributed by atoms with Crippen LogP contribution >= 0.6 is 11.3 Å². The topological polar surface area (TPSA) is 68.3 Å². The van der Waals surface area contributed by atoms with E-state index in [0.29, 0.717) is 11.0 Å². The van der Waals surface area contributed by atoms with E-state index in [0.717, 1.165) is 25.0 Å². The van der Waals surface area contributed by atoms with Crippen LogP contribution in [0.4, 0.5) is 5.13 Å². The number of hydrogen-bond acceptors (Lipinski definition) is 5. The van der Waals surface area contributed by atoms with E-state index in [9.17, 15) is 9.59 Å². The van der Waals surface area contributed by atoms with Crippen LogP contribution < -0.4 is 5.32 Å². The van der Waals surface area contributed by atoms with Gasteiger partial charge in [0.05, 0.1) is 12.8 Å². The first-order chi connectivity index (χ1) is 13.1. The molecule has 1 aromatic heterocycles. The number of rotatable bonds is 5.